The van der Waals surface area contributed by atoms with Crippen molar-refractivity contribution in [2.75, 3.05) is 23.9 Å². The standard InChI is InChI=1S/C24H24N2O4S/c1-29-21-11-10-18(15-20(21)26-13-6-5-9-22(26)27)25-24(28)23-17(12-14-30-23)16-31-19-7-3-2-4-8-19/h2-4,7-8,10-12,14-15H,5-6,9,13,16H2,1H3,(H,25,28). The number of hydrogen-bond donors (Lipinski definition) is 1. The van der Waals surface area contributed by atoms with Gasteiger partial charge in [-0.15, -0.1) is 11.8 Å². The van der Waals surface area contributed by atoms with Crippen molar-refractivity contribution in [3.63, 3.8) is 0 Å². The molecular weight excluding hydrogens is 412 g/mol. The second-order valence-electron chi connectivity index (χ2n) is 7.22. The predicted molar refractivity (Wildman–Crippen MR) is 122 cm³/mol. The number of carbonyl (C=O) groups excluding carboxylic acids is 2. The summed E-state index contributed by atoms with van der Waals surface area (Å²) in [5.74, 6) is 1.26. The third kappa shape index (κ3) is 4.94. The summed E-state index contributed by atoms with van der Waals surface area (Å²) in [6.07, 6.45) is 3.90. The first kappa shape index (κ1) is 21.1. The lowest BCUT2D eigenvalue weighted by Gasteiger charge is -2.28. The van der Waals surface area contributed by atoms with Gasteiger partial charge in [0.2, 0.25) is 5.91 Å². The molecule has 160 valence electrons. The molecule has 0 radical (unpaired) electrons. The number of piperidine rings is 1. The molecule has 6 nitrogen and oxygen atoms in total. The van der Waals surface area contributed by atoms with E-state index >= 15 is 0 Å². The normalized spacial score (nSPS) is 13.8. The van der Waals surface area contributed by atoms with Crippen molar-refractivity contribution >= 4 is 35.0 Å². The monoisotopic (exact) mass is 436 g/mol. The van der Waals surface area contributed by atoms with Gasteiger partial charge < -0.3 is 19.4 Å². The number of amides is 2. The molecule has 0 saturated carbocycles. The van der Waals surface area contributed by atoms with Crippen LogP contribution >= 0.6 is 11.8 Å². The first-order valence-electron chi connectivity index (χ1n) is 10.2. The van der Waals surface area contributed by atoms with Crippen molar-refractivity contribution in [3.8, 4) is 5.75 Å². The summed E-state index contributed by atoms with van der Waals surface area (Å²) in [7, 11) is 1.57. The number of anilines is 2. The van der Waals surface area contributed by atoms with E-state index in [1.54, 1.807) is 42.0 Å². The summed E-state index contributed by atoms with van der Waals surface area (Å²) in [6, 6.07) is 17.1. The number of carbonyl (C=O) groups is 2. The zero-order chi connectivity index (χ0) is 21.6. The zero-order valence-electron chi connectivity index (χ0n) is 17.3. The van der Waals surface area contributed by atoms with Crippen molar-refractivity contribution < 1.29 is 18.7 Å². The minimum atomic E-state index is -0.324. The SMILES string of the molecule is COc1ccc(NC(=O)c2occc2CSc2ccccc2)cc1N1CCCCC1=O. The molecule has 0 spiro atoms. The van der Waals surface area contributed by atoms with E-state index in [0.29, 0.717) is 35.8 Å². The van der Waals surface area contributed by atoms with Crippen LogP contribution in [0.3, 0.4) is 0 Å². The Hall–Kier alpha value is -3.19. The van der Waals surface area contributed by atoms with E-state index in [1.807, 2.05) is 36.4 Å². The third-order valence-electron chi connectivity index (χ3n) is 5.14. The van der Waals surface area contributed by atoms with Crippen LogP contribution in [0.4, 0.5) is 11.4 Å². The van der Waals surface area contributed by atoms with Gasteiger partial charge in [0.1, 0.15) is 5.75 Å². The highest BCUT2D eigenvalue weighted by Crippen LogP contribution is 2.34. The molecule has 3 aromatic rings. The lowest BCUT2D eigenvalue weighted by Crippen LogP contribution is -2.35. The predicted octanol–water partition coefficient (Wildman–Crippen LogP) is 5.35. The number of furan rings is 1. The Bertz CT molecular complexity index is 1060. The fourth-order valence-electron chi connectivity index (χ4n) is 3.55. The van der Waals surface area contributed by atoms with Gasteiger partial charge in [-0.05, 0) is 49.2 Å². The third-order valence-corrected chi connectivity index (χ3v) is 6.20. The number of hydrogen-bond acceptors (Lipinski definition) is 5. The molecular formula is C24H24N2O4S. The van der Waals surface area contributed by atoms with Crippen molar-refractivity contribution in [2.45, 2.75) is 29.9 Å². The Morgan fingerprint density at radius 2 is 2.00 bits per heavy atom. The highest BCUT2D eigenvalue weighted by Gasteiger charge is 2.23. The van der Waals surface area contributed by atoms with Crippen LogP contribution in [0.25, 0.3) is 0 Å². The van der Waals surface area contributed by atoms with Gasteiger partial charge in [-0.2, -0.15) is 0 Å². The maximum atomic E-state index is 12.9. The quantitative estimate of drug-likeness (QED) is 0.506. The Labute approximate surface area is 185 Å². The van der Waals surface area contributed by atoms with Crippen molar-refractivity contribution in [1.82, 2.24) is 0 Å². The molecule has 0 unspecified atom stereocenters. The molecule has 0 aliphatic carbocycles. The van der Waals surface area contributed by atoms with Gasteiger partial charge >= 0.3 is 0 Å². The lowest BCUT2D eigenvalue weighted by molar-refractivity contribution is -0.119. The Morgan fingerprint density at radius 3 is 2.77 bits per heavy atom. The molecule has 1 fully saturated rings. The van der Waals surface area contributed by atoms with Gasteiger partial charge in [0.25, 0.3) is 5.91 Å². The number of nitrogens with zero attached hydrogens (tertiary/aromatic N) is 1. The summed E-state index contributed by atoms with van der Waals surface area (Å²) in [6.45, 7) is 0.644. The second kappa shape index (κ2) is 9.75. The molecule has 1 aliphatic heterocycles. The van der Waals surface area contributed by atoms with E-state index in [9.17, 15) is 9.59 Å². The van der Waals surface area contributed by atoms with Crippen LogP contribution in [0.15, 0.2) is 70.2 Å². The molecule has 2 amide bonds. The first-order valence-corrected chi connectivity index (χ1v) is 11.2. The number of methoxy groups -OCH3 is 1. The molecule has 0 atom stereocenters. The Balaban J connectivity index is 1.49. The number of rotatable bonds is 7. The summed E-state index contributed by atoms with van der Waals surface area (Å²) >= 11 is 1.64. The van der Waals surface area contributed by atoms with Crippen molar-refractivity contribution in [2.24, 2.45) is 0 Å². The fraction of sp³-hybridized carbons (Fsp3) is 0.250. The van der Waals surface area contributed by atoms with Crippen molar-refractivity contribution in [3.05, 3.63) is 72.2 Å². The molecule has 1 saturated heterocycles. The molecule has 2 aromatic carbocycles. The minimum absolute atomic E-state index is 0.0688. The van der Waals surface area contributed by atoms with Gasteiger partial charge in [-0.3, -0.25) is 9.59 Å². The van der Waals surface area contributed by atoms with Gasteiger partial charge in [0, 0.05) is 34.9 Å². The summed E-state index contributed by atoms with van der Waals surface area (Å²) in [5.41, 5.74) is 2.08. The van der Waals surface area contributed by atoms with Gasteiger partial charge in [-0.1, -0.05) is 18.2 Å². The summed E-state index contributed by atoms with van der Waals surface area (Å²) < 4.78 is 10.9. The zero-order valence-corrected chi connectivity index (χ0v) is 18.1. The van der Waals surface area contributed by atoms with Crippen LogP contribution in [-0.4, -0.2) is 25.5 Å². The minimum Gasteiger partial charge on any atom is -0.495 e. The topological polar surface area (TPSA) is 71.8 Å². The van der Waals surface area contributed by atoms with E-state index in [0.717, 1.165) is 23.3 Å². The number of benzene rings is 2. The van der Waals surface area contributed by atoms with Crippen LogP contribution in [0.5, 0.6) is 5.75 Å². The first-order chi connectivity index (χ1) is 15.2. The van der Waals surface area contributed by atoms with Crippen LogP contribution in [0, 0.1) is 0 Å². The van der Waals surface area contributed by atoms with E-state index in [4.69, 9.17) is 9.15 Å². The van der Waals surface area contributed by atoms with E-state index in [2.05, 4.69) is 5.32 Å². The molecule has 0 bridgehead atoms. The van der Waals surface area contributed by atoms with E-state index in [-0.39, 0.29) is 17.6 Å². The maximum absolute atomic E-state index is 12.9. The largest absolute Gasteiger partial charge is 0.495 e. The molecule has 31 heavy (non-hydrogen) atoms. The van der Waals surface area contributed by atoms with Gasteiger partial charge in [-0.25, -0.2) is 0 Å². The van der Waals surface area contributed by atoms with Crippen LogP contribution in [0.2, 0.25) is 0 Å². The molecule has 1 N–H and O–H groups in total. The summed E-state index contributed by atoms with van der Waals surface area (Å²) in [4.78, 5) is 28.1. The smallest absolute Gasteiger partial charge is 0.291 e. The van der Waals surface area contributed by atoms with Crippen LogP contribution < -0.4 is 15.0 Å². The second-order valence-corrected chi connectivity index (χ2v) is 8.27. The molecule has 2 heterocycles. The maximum Gasteiger partial charge on any atom is 0.291 e. The average Bonchev–Trinajstić information content (AvgIpc) is 3.27. The highest BCUT2D eigenvalue weighted by molar-refractivity contribution is 7.98. The fourth-order valence-corrected chi connectivity index (χ4v) is 4.45. The van der Waals surface area contributed by atoms with Gasteiger partial charge in [0.15, 0.2) is 5.76 Å². The van der Waals surface area contributed by atoms with Crippen LogP contribution in [0.1, 0.15) is 35.4 Å². The summed E-state index contributed by atoms with van der Waals surface area (Å²) in [5, 5.41) is 2.89. The Morgan fingerprint density at radius 1 is 1.16 bits per heavy atom. The van der Waals surface area contributed by atoms with Crippen LogP contribution in [-0.2, 0) is 10.5 Å². The van der Waals surface area contributed by atoms with Crippen molar-refractivity contribution in [1.29, 1.82) is 0 Å². The Kier molecular flexibility index (Phi) is 6.62. The molecule has 1 aliphatic rings. The number of nitrogens with one attached hydrogen (secondary N) is 1. The molecule has 4 rings (SSSR count). The van der Waals surface area contributed by atoms with E-state index < -0.39 is 0 Å². The van der Waals surface area contributed by atoms with E-state index in [1.165, 1.54) is 6.26 Å². The molecule has 1 aromatic heterocycles. The average molecular weight is 437 g/mol. The highest BCUT2D eigenvalue weighted by atomic mass is 32.2. The molecule has 7 heteroatoms. The number of thioether (sulfide) groups is 1. The van der Waals surface area contributed by atoms with Gasteiger partial charge in [0.05, 0.1) is 19.1 Å². The number of ether oxygens (including phenoxy) is 1. The lowest BCUT2D eigenvalue weighted by atomic mass is 10.1.